The third-order valence-corrected chi connectivity index (χ3v) is 5.41. The Balaban J connectivity index is 1.61. The van der Waals surface area contributed by atoms with Crippen molar-refractivity contribution < 1.29 is 4.79 Å². The van der Waals surface area contributed by atoms with Gasteiger partial charge in [-0.2, -0.15) is 0 Å². The first-order valence-electron chi connectivity index (χ1n) is 9.62. The molecule has 2 aromatic rings. The summed E-state index contributed by atoms with van der Waals surface area (Å²) < 4.78 is 2.25. The highest BCUT2D eigenvalue weighted by Crippen LogP contribution is 2.22. The van der Waals surface area contributed by atoms with E-state index < -0.39 is 0 Å². The molecule has 0 spiro atoms. The van der Waals surface area contributed by atoms with E-state index >= 15 is 0 Å². The van der Waals surface area contributed by atoms with E-state index in [0.29, 0.717) is 12.6 Å². The summed E-state index contributed by atoms with van der Waals surface area (Å²) in [5, 5.41) is 0. The Labute approximate surface area is 157 Å². The van der Waals surface area contributed by atoms with Crippen molar-refractivity contribution in [3.63, 3.8) is 0 Å². The van der Waals surface area contributed by atoms with Crippen LogP contribution < -0.4 is 4.90 Å². The molecule has 2 heterocycles. The molecule has 0 atom stereocenters. The number of nitrogens with zero attached hydrogens (tertiary/aromatic N) is 3. The van der Waals surface area contributed by atoms with Gasteiger partial charge >= 0.3 is 0 Å². The van der Waals surface area contributed by atoms with E-state index in [9.17, 15) is 4.79 Å². The zero-order valence-electron chi connectivity index (χ0n) is 16.7. The van der Waals surface area contributed by atoms with Gasteiger partial charge in [-0.15, -0.1) is 0 Å². The van der Waals surface area contributed by atoms with Gasteiger partial charge in [-0.05, 0) is 58.4 Å². The van der Waals surface area contributed by atoms with E-state index in [1.54, 1.807) is 0 Å². The molecule has 1 aliphatic heterocycles. The van der Waals surface area contributed by atoms with Crippen molar-refractivity contribution >= 4 is 11.5 Å². The second-order valence-corrected chi connectivity index (χ2v) is 7.77. The molecule has 3 rings (SSSR count). The molecule has 0 N–H and O–H groups in total. The number of aromatic nitrogens is 1. The van der Waals surface area contributed by atoms with Gasteiger partial charge in [0.25, 0.3) is 0 Å². The van der Waals surface area contributed by atoms with Crippen molar-refractivity contribution in [2.45, 2.75) is 40.7 Å². The number of piperazine rings is 1. The second-order valence-electron chi connectivity index (χ2n) is 7.77. The summed E-state index contributed by atoms with van der Waals surface area (Å²) >= 11 is 0. The van der Waals surface area contributed by atoms with E-state index in [1.807, 2.05) is 0 Å². The number of Topliss-reactive ketones (excluding diaryl/α,β-unsaturated/α-hetero) is 1. The average molecular weight is 354 g/mol. The van der Waals surface area contributed by atoms with Crippen molar-refractivity contribution in [3.05, 3.63) is 52.8 Å². The molecule has 4 heteroatoms. The third kappa shape index (κ3) is 3.85. The maximum Gasteiger partial charge on any atom is 0.178 e. The molecule has 4 nitrogen and oxygen atoms in total. The zero-order chi connectivity index (χ0) is 18.8. The van der Waals surface area contributed by atoms with Crippen LogP contribution in [0.5, 0.6) is 0 Å². The van der Waals surface area contributed by atoms with Gasteiger partial charge in [0.15, 0.2) is 5.78 Å². The Hall–Kier alpha value is -2.07. The molecule has 1 aromatic carbocycles. The van der Waals surface area contributed by atoms with Crippen LogP contribution in [0.1, 0.15) is 47.2 Å². The van der Waals surface area contributed by atoms with Gasteiger partial charge in [-0.1, -0.05) is 12.1 Å². The average Bonchev–Trinajstić information content (AvgIpc) is 2.90. The summed E-state index contributed by atoms with van der Waals surface area (Å²) in [4.78, 5) is 17.6. The predicted molar refractivity (Wildman–Crippen MR) is 108 cm³/mol. The van der Waals surface area contributed by atoms with Crippen LogP contribution in [0.25, 0.3) is 0 Å². The van der Waals surface area contributed by atoms with E-state index in [4.69, 9.17) is 0 Å². The highest BCUT2D eigenvalue weighted by atomic mass is 16.1. The van der Waals surface area contributed by atoms with E-state index in [1.165, 1.54) is 16.9 Å². The Morgan fingerprint density at radius 1 is 1.04 bits per heavy atom. The van der Waals surface area contributed by atoms with Gasteiger partial charge in [0, 0.05) is 54.9 Å². The lowest BCUT2D eigenvalue weighted by Crippen LogP contribution is -2.48. The molecule has 0 bridgehead atoms. The van der Waals surface area contributed by atoms with Crippen molar-refractivity contribution in [1.29, 1.82) is 0 Å². The molecular formula is C22H31N3O. The first kappa shape index (κ1) is 18.7. The first-order chi connectivity index (χ1) is 12.4. The van der Waals surface area contributed by atoms with Crippen LogP contribution in [0, 0.1) is 20.8 Å². The molecule has 0 aliphatic carbocycles. The molecule has 140 valence electrons. The van der Waals surface area contributed by atoms with Crippen LogP contribution in [-0.4, -0.2) is 48.0 Å². The minimum absolute atomic E-state index is 0.244. The lowest BCUT2D eigenvalue weighted by molar-refractivity contribution is 0.0925. The number of rotatable bonds is 5. The fourth-order valence-electron chi connectivity index (χ4n) is 4.13. The van der Waals surface area contributed by atoms with E-state index in [0.717, 1.165) is 37.4 Å². The molecule has 0 saturated carbocycles. The van der Waals surface area contributed by atoms with Gasteiger partial charge in [-0.25, -0.2) is 0 Å². The highest BCUT2D eigenvalue weighted by Gasteiger charge is 2.22. The summed E-state index contributed by atoms with van der Waals surface area (Å²) in [6.45, 7) is 14.9. The van der Waals surface area contributed by atoms with Crippen LogP contribution >= 0.6 is 0 Å². The van der Waals surface area contributed by atoms with Crippen LogP contribution in [0.4, 0.5) is 5.69 Å². The number of hydrogen-bond donors (Lipinski definition) is 0. The Morgan fingerprint density at radius 3 is 2.31 bits per heavy atom. The molecule has 1 saturated heterocycles. The number of benzene rings is 1. The largest absolute Gasteiger partial charge is 0.369 e. The summed E-state index contributed by atoms with van der Waals surface area (Å²) in [7, 11) is 0. The van der Waals surface area contributed by atoms with Gasteiger partial charge in [-0.3, -0.25) is 9.69 Å². The zero-order valence-corrected chi connectivity index (χ0v) is 16.7. The predicted octanol–water partition coefficient (Wildman–Crippen LogP) is 4.00. The van der Waals surface area contributed by atoms with Crippen molar-refractivity contribution in [2.24, 2.45) is 0 Å². The number of ketones is 1. The SMILES string of the molecule is Cc1cccc(N2CCN(CC(=O)c3cc(C)n(C(C)C)c3C)CC2)c1. The third-order valence-electron chi connectivity index (χ3n) is 5.41. The second kappa shape index (κ2) is 7.67. The summed E-state index contributed by atoms with van der Waals surface area (Å²) in [5.74, 6) is 0.244. The molecular weight excluding hydrogens is 322 g/mol. The van der Waals surface area contributed by atoms with Gasteiger partial charge in [0.2, 0.25) is 0 Å². The quantitative estimate of drug-likeness (QED) is 0.761. The minimum atomic E-state index is 0.244. The maximum absolute atomic E-state index is 12.8. The van der Waals surface area contributed by atoms with Crippen LogP contribution in [-0.2, 0) is 0 Å². The lowest BCUT2D eigenvalue weighted by Gasteiger charge is -2.35. The molecule has 1 aliphatic rings. The van der Waals surface area contributed by atoms with E-state index in [2.05, 4.69) is 79.3 Å². The fourth-order valence-corrected chi connectivity index (χ4v) is 4.13. The van der Waals surface area contributed by atoms with E-state index in [-0.39, 0.29) is 5.78 Å². The van der Waals surface area contributed by atoms with Crippen molar-refractivity contribution in [3.8, 4) is 0 Å². The van der Waals surface area contributed by atoms with Gasteiger partial charge < -0.3 is 9.47 Å². The van der Waals surface area contributed by atoms with Crippen molar-refractivity contribution in [1.82, 2.24) is 9.47 Å². The molecule has 0 unspecified atom stereocenters. The Morgan fingerprint density at radius 2 is 1.73 bits per heavy atom. The van der Waals surface area contributed by atoms with Crippen LogP contribution in [0.15, 0.2) is 30.3 Å². The normalized spacial score (nSPS) is 15.7. The number of carbonyl (C=O) groups is 1. The first-order valence-corrected chi connectivity index (χ1v) is 9.62. The molecule has 26 heavy (non-hydrogen) atoms. The highest BCUT2D eigenvalue weighted by molar-refractivity contribution is 5.99. The lowest BCUT2D eigenvalue weighted by atomic mass is 10.1. The van der Waals surface area contributed by atoms with Crippen LogP contribution in [0.2, 0.25) is 0 Å². The maximum atomic E-state index is 12.8. The van der Waals surface area contributed by atoms with Gasteiger partial charge in [0.1, 0.15) is 0 Å². The molecule has 0 radical (unpaired) electrons. The summed E-state index contributed by atoms with van der Waals surface area (Å²) in [6.07, 6.45) is 0. The molecule has 1 fully saturated rings. The standard InChI is InChI=1S/C22H31N3O/c1-16(2)25-18(4)14-21(19(25)5)22(26)15-23-9-11-24(12-10-23)20-8-6-7-17(3)13-20/h6-8,13-14,16H,9-12,15H2,1-5H3. The number of hydrogen-bond acceptors (Lipinski definition) is 3. The smallest absolute Gasteiger partial charge is 0.178 e. The van der Waals surface area contributed by atoms with Crippen LogP contribution in [0.3, 0.4) is 0 Å². The number of carbonyl (C=O) groups excluding carboxylic acids is 1. The monoisotopic (exact) mass is 353 g/mol. The summed E-state index contributed by atoms with van der Waals surface area (Å²) in [5.41, 5.74) is 5.74. The Bertz CT molecular complexity index is 783. The fraction of sp³-hybridized carbons (Fsp3) is 0.500. The molecule has 1 aromatic heterocycles. The minimum Gasteiger partial charge on any atom is -0.369 e. The Kier molecular flexibility index (Phi) is 5.52. The summed E-state index contributed by atoms with van der Waals surface area (Å²) in [6, 6.07) is 11.1. The number of anilines is 1. The van der Waals surface area contributed by atoms with Crippen molar-refractivity contribution in [2.75, 3.05) is 37.6 Å². The topological polar surface area (TPSA) is 28.5 Å². The number of aryl methyl sites for hydroxylation is 2. The molecule has 0 amide bonds. The van der Waals surface area contributed by atoms with Gasteiger partial charge in [0.05, 0.1) is 6.54 Å².